The Hall–Kier alpha value is -0.0400. The highest BCUT2D eigenvalue weighted by atomic mass is 14.5. The van der Waals surface area contributed by atoms with Gasteiger partial charge in [0.25, 0.3) is 0 Å². The normalized spacial score (nSPS) is 41.7. The van der Waals surface area contributed by atoms with Crippen LogP contribution in [0.4, 0.5) is 0 Å². The van der Waals surface area contributed by atoms with E-state index in [-0.39, 0.29) is 0 Å². The van der Waals surface area contributed by atoms with Crippen LogP contribution in [0, 0.1) is 17.8 Å². The summed E-state index contributed by atoms with van der Waals surface area (Å²) in [5, 5.41) is 0. The van der Waals surface area contributed by atoms with Crippen LogP contribution >= 0.6 is 0 Å². The largest absolute Gasteiger partial charge is 0.330 e. The summed E-state index contributed by atoms with van der Waals surface area (Å²) in [7, 11) is 0. The Kier molecular flexibility index (Phi) is 2.17. The molecule has 2 aliphatic rings. The molecule has 0 unspecified atom stereocenters. The lowest BCUT2D eigenvalue weighted by Gasteiger charge is -2.13. The van der Waals surface area contributed by atoms with Gasteiger partial charge in [-0.1, -0.05) is 0 Å². The fraction of sp³-hybridized carbons (Fsp3) is 1.00. The topological polar surface area (TPSA) is 26.0 Å². The molecular weight excluding hydrogens is 134 g/mol. The first-order valence-corrected chi connectivity index (χ1v) is 5.12. The van der Waals surface area contributed by atoms with Crippen molar-refractivity contribution in [3.63, 3.8) is 0 Å². The maximum Gasteiger partial charge on any atom is -0.00772 e. The van der Waals surface area contributed by atoms with Gasteiger partial charge in [0.15, 0.2) is 0 Å². The molecule has 1 heteroatoms. The minimum Gasteiger partial charge on any atom is -0.330 e. The van der Waals surface area contributed by atoms with E-state index in [1.54, 1.807) is 0 Å². The molecule has 2 bridgehead atoms. The van der Waals surface area contributed by atoms with Crippen LogP contribution in [0.2, 0.25) is 0 Å². The average molecular weight is 153 g/mol. The maximum atomic E-state index is 5.52. The number of hydrogen-bond donors (Lipinski definition) is 1. The van der Waals surface area contributed by atoms with E-state index >= 15 is 0 Å². The molecule has 0 aliphatic heterocycles. The van der Waals surface area contributed by atoms with Gasteiger partial charge in [0.2, 0.25) is 0 Å². The zero-order valence-corrected chi connectivity index (χ0v) is 7.26. The van der Waals surface area contributed by atoms with Crippen molar-refractivity contribution in [3.05, 3.63) is 0 Å². The molecule has 0 spiro atoms. The third kappa shape index (κ3) is 1.31. The van der Waals surface area contributed by atoms with Gasteiger partial charge in [0.1, 0.15) is 0 Å². The highest BCUT2D eigenvalue weighted by molar-refractivity contribution is 4.91. The lowest BCUT2D eigenvalue weighted by molar-refractivity contribution is 0.369. The predicted octanol–water partition coefficient (Wildman–Crippen LogP) is 2.16. The van der Waals surface area contributed by atoms with Crippen molar-refractivity contribution in [1.82, 2.24) is 0 Å². The van der Waals surface area contributed by atoms with Crippen LogP contribution in [-0.2, 0) is 0 Å². The van der Waals surface area contributed by atoms with Crippen molar-refractivity contribution in [2.24, 2.45) is 23.5 Å². The highest BCUT2D eigenvalue weighted by Crippen LogP contribution is 2.50. The van der Waals surface area contributed by atoms with E-state index in [9.17, 15) is 0 Å². The molecule has 11 heavy (non-hydrogen) atoms. The average Bonchev–Trinajstić information content (AvgIpc) is 2.59. The first kappa shape index (κ1) is 7.60. The predicted molar refractivity (Wildman–Crippen MR) is 47.2 cm³/mol. The molecule has 2 aliphatic carbocycles. The summed E-state index contributed by atoms with van der Waals surface area (Å²) in [5.74, 6) is 3.29. The van der Waals surface area contributed by atoms with Crippen LogP contribution in [0.15, 0.2) is 0 Å². The Bertz CT molecular complexity index is 113. The van der Waals surface area contributed by atoms with E-state index in [2.05, 4.69) is 0 Å². The van der Waals surface area contributed by atoms with Crippen LogP contribution in [0.25, 0.3) is 0 Å². The lowest BCUT2D eigenvalue weighted by atomic mass is 9.93. The van der Waals surface area contributed by atoms with Crippen molar-refractivity contribution in [2.45, 2.75) is 38.5 Å². The van der Waals surface area contributed by atoms with E-state index in [0.29, 0.717) is 0 Å². The van der Waals surface area contributed by atoms with Gasteiger partial charge < -0.3 is 5.73 Å². The van der Waals surface area contributed by atoms with E-state index in [1.165, 1.54) is 38.5 Å². The minimum atomic E-state index is 0.899. The minimum absolute atomic E-state index is 0.899. The molecule has 0 amide bonds. The third-order valence-electron chi connectivity index (χ3n) is 3.77. The second-order valence-corrected chi connectivity index (χ2v) is 4.27. The maximum absolute atomic E-state index is 5.52. The summed E-state index contributed by atoms with van der Waals surface area (Å²) in [6.07, 6.45) is 8.79. The SMILES string of the molecule is NCCCC1C2CCC1CC2. The van der Waals surface area contributed by atoms with Gasteiger partial charge in [-0.25, -0.2) is 0 Å². The summed E-state index contributed by atoms with van der Waals surface area (Å²) in [4.78, 5) is 0. The summed E-state index contributed by atoms with van der Waals surface area (Å²) < 4.78 is 0. The molecule has 2 saturated carbocycles. The number of hydrogen-bond acceptors (Lipinski definition) is 1. The Morgan fingerprint density at radius 1 is 1.00 bits per heavy atom. The zero-order valence-electron chi connectivity index (χ0n) is 7.26. The van der Waals surface area contributed by atoms with Gasteiger partial charge >= 0.3 is 0 Å². The molecule has 1 nitrogen and oxygen atoms in total. The highest BCUT2D eigenvalue weighted by Gasteiger charge is 2.40. The second-order valence-electron chi connectivity index (χ2n) is 4.27. The van der Waals surface area contributed by atoms with E-state index < -0.39 is 0 Å². The monoisotopic (exact) mass is 153 g/mol. The van der Waals surface area contributed by atoms with Crippen LogP contribution < -0.4 is 5.73 Å². The fourth-order valence-corrected chi connectivity index (χ4v) is 3.21. The van der Waals surface area contributed by atoms with Crippen molar-refractivity contribution >= 4 is 0 Å². The van der Waals surface area contributed by atoms with E-state index in [0.717, 1.165) is 24.3 Å². The first-order valence-electron chi connectivity index (χ1n) is 5.12. The molecule has 0 aromatic rings. The molecule has 0 radical (unpaired) electrons. The molecule has 2 fully saturated rings. The number of fused-ring (bicyclic) bond motifs is 2. The van der Waals surface area contributed by atoms with Gasteiger partial charge in [-0.05, 0) is 62.8 Å². The molecule has 2 N–H and O–H groups in total. The van der Waals surface area contributed by atoms with E-state index in [4.69, 9.17) is 5.73 Å². The zero-order chi connectivity index (χ0) is 7.68. The van der Waals surface area contributed by atoms with Crippen LogP contribution in [0.5, 0.6) is 0 Å². The summed E-state index contributed by atoms with van der Waals surface area (Å²) in [5.41, 5.74) is 5.52. The number of nitrogens with two attached hydrogens (primary N) is 1. The van der Waals surface area contributed by atoms with Crippen LogP contribution in [-0.4, -0.2) is 6.54 Å². The van der Waals surface area contributed by atoms with Gasteiger partial charge in [-0.3, -0.25) is 0 Å². The molecular formula is C10H19N. The van der Waals surface area contributed by atoms with Gasteiger partial charge in [0.05, 0.1) is 0 Å². The first-order chi connectivity index (χ1) is 5.42. The van der Waals surface area contributed by atoms with Crippen molar-refractivity contribution in [1.29, 1.82) is 0 Å². The molecule has 64 valence electrons. The van der Waals surface area contributed by atoms with Gasteiger partial charge in [-0.15, -0.1) is 0 Å². The lowest BCUT2D eigenvalue weighted by Crippen LogP contribution is -2.09. The molecule has 2 rings (SSSR count). The molecule has 0 saturated heterocycles. The smallest absolute Gasteiger partial charge is 0.00772 e. The fourth-order valence-electron chi connectivity index (χ4n) is 3.21. The van der Waals surface area contributed by atoms with Crippen LogP contribution in [0.1, 0.15) is 38.5 Å². The quantitative estimate of drug-likeness (QED) is 0.660. The Morgan fingerprint density at radius 2 is 1.55 bits per heavy atom. The summed E-state index contributed by atoms with van der Waals surface area (Å²) >= 11 is 0. The number of rotatable bonds is 3. The molecule has 0 atom stereocenters. The third-order valence-corrected chi connectivity index (χ3v) is 3.77. The van der Waals surface area contributed by atoms with Crippen molar-refractivity contribution in [2.75, 3.05) is 6.54 Å². The van der Waals surface area contributed by atoms with Crippen LogP contribution in [0.3, 0.4) is 0 Å². The molecule has 0 heterocycles. The van der Waals surface area contributed by atoms with Crippen molar-refractivity contribution < 1.29 is 0 Å². The Balaban J connectivity index is 1.84. The van der Waals surface area contributed by atoms with E-state index in [1.807, 2.05) is 0 Å². The van der Waals surface area contributed by atoms with Gasteiger partial charge in [0, 0.05) is 0 Å². The molecule has 0 aromatic carbocycles. The summed E-state index contributed by atoms with van der Waals surface area (Å²) in [6.45, 7) is 0.899. The standard InChI is InChI=1S/C10H19N/c11-7-1-2-10-8-3-4-9(10)6-5-8/h8-10H,1-7,11H2. The van der Waals surface area contributed by atoms with Crippen molar-refractivity contribution in [3.8, 4) is 0 Å². The Labute approximate surface area is 69.4 Å². The Morgan fingerprint density at radius 3 is 2.00 bits per heavy atom. The second kappa shape index (κ2) is 3.14. The van der Waals surface area contributed by atoms with Gasteiger partial charge in [-0.2, -0.15) is 0 Å². The summed E-state index contributed by atoms with van der Waals surface area (Å²) in [6, 6.07) is 0. The molecule has 0 aromatic heterocycles.